The van der Waals surface area contributed by atoms with Crippen molar-refractivity contribution in [1.29, 1.82) is 0 Å². The van der Waals surface area contributed by atoms with Crippen LogP contribution in [0.2, 0.25) is 0 Å². The van der Waals surface area contributed by atoms with Crippen LogP contribution in [-0.2, 0) is 14.1 Å². The lowest BCUT2D eigenvalue weighted by atomic mass is 10.1. The summed E-state index contributed by atoms with van der Waals surface area (Å²) in [4.78, 5) is 0. The summed E-state index contributed by atoms with van der Waals surface area (Å²) < 4.78 is 18.8. The molecule has 0 bridgehead atoms. The summed E-state index contributed by atoms with van der Waals surface area (Å²) in [6, 6.07) is 4.00. The Morgan fingerprint density at radius 1 is 0.559 bits per heavy atom. The zero-order valence-electron chi connectivity index (χ0n) is 19.2. The number of aromatic nitrogens is 8. The van der Waals surface area contributed by atoms with Crippen LogP contribution in [0.15, 0.2) is 61.7 Å². The van der Waals surface area contributed by atoms with E-state index in [1.54, 1.807) is 23.6 Å². The number of nitrogens with zero attached hydrogens (tertiary/aromatic N) is 8. The van der Waals surface area contributed by atoms with Gasteiger partial charge in [0, 0.05) is 72.3 Å². The molecule has 0 aliphatic carbocycles. The van der Waals surface area contributed by atoms with E-state index in [1.165, 1.54) is 0 Å². The van der Waals surface area contributed by atoms with Gasteiger partial charge in [-0.3, -0.25) is 9.36 Å². The zero-order chi connectivity index (χ0) is 23.4. The molecule has 0 aromatic carbocycles. The Kier molecular flexibility index (Phi) is 4.41. The number of fused-ring (bicyclic) bond motifs is 2. The van der Waals surface area contributed by atoms with Crippen molar-refractivity contribution in [2.75, 3.05) is 14.2 Å². The van der Waals surface area contributed by atoms with E-state index in [0.29, 0.717) is 11.5 Å². The molecule has 6 heterocycles. The second kappa shape index (κ2) is 7.48. The van der Waals surface area contributed by atoms with E-state index in [0.717, 1.165) is 44.4 Å². The van der Waals surface area contributed by atoms with E-state index in [9.17, 15) is 0 Å². The van der Waals surface area contributed by atoms with Crippen LogP contribution < -0.4 is 9.47 Å². The molecule has 0 unspecified atom stereocenters. The second-order valence-corrected chi connectivity index (χ2v) is 8.10. The molecule has 170 valence electrons. The quantitative estimate of drug-likeness (QED) is 0.396. The van der Waals surface area contributed by atoms with Gasteiger partial charge in [-0.1, -0.05) is 0 Å². The van der Waals surface area contributed by atoms with E-state index in [2.05, 4.69) is 20.4 Å². The van der Waals surface area contributed by atoms with Crippen LogP contribution in [0.5, 0.6) is 11.5 Å². The summed E-state index contributed by atoms with van der Waals surface area (Å²) in [5.74, 6) is 1.42. The van der Waals surface area contributed by atoms with E-state index >= 15 is 0 Å². The zero-order valence-corrected chi connectivity index (χ0v) is 19.2. The fraction of sp³-hybridized carbons (Fsp3) is 0.167. The average molecular weight is 454 g/mol. The predicted octanol–water partition coefficient (Wildman–Crippen LogP) is 3.47. The lowest BCUT2D eigenvalue weighted by Crippen LogP contribution is -1.95. The molecule has 0 atom stereocenters. The van der Waals surface area contributed by atoms with Gasteiger partial charge in [0.1, 0.15) is 22.5 Å². The van der Waals surface area contributed by atoms with Gasteiger partial charge in [0.25, 0.3) is 0 Å². The highest BCUT2D eigenvalue weighted by Crippen LogP contribution is 2.39. The highest BCUT2D eigenvalue weighted by molar-refractivity contribution is 5.95. The van der Waals surface area contributed by atoms with Crippen LogP contribution >= 0.6 is 0 Å². The minimum atomic E-state index is 0.708. The van der Waals surface area contributed by atoms with E-state index in [1.807, 2.05) is 84.8 Å². The number of rotatable bonds is 5. The van der Waals surface area contributed by atoms with Crippen molar-refractivity contribution in [2.24, 2.45) is 14.1 Å². The highest BCUT2D eigenvalue weighted by atomic mass is 16.5. The first kappa shape index (κ1) is 20.0. The molecule has 6 aromatic heterocycles. The van der Waals surface area contributed by atoms with Gasteiger partial charge in [-0.2, -0.15) is 20.4 Å². The fourth-order valence-electron chi connectivity index (χ4n) is 4.33. The molecule has 10 nitrogen and oxygen atoms in total. The largest absolute Gasteiger partial charge is 0.494 e. The molecule has 0 amide bonds. The third-order valence-corrected chi connectivity index (χ3v) is 5.96. The summed E-state index contributed by atoms with van der Waals surface area (Å²) in [5, 5.41) is 17.8. The van der Waals surface area contributed by atoms with Gasteiger partial charge in [-0.15, -0.1) is 0 Å². The Labute approximate surface area is 194 Å². The Hall–Kier alpha value is -4.60. The van der Waals surface area contributed by atoms with Crippen LogP contribution in [0, 0.1) is 0 Å². The van der Waals surface area contributed by atoms with Gasteiger partial charge >= 0.3 is 0 Å². The van der Waals surface area contributed by atoms with Crippen LogP contribution in [0.4, 0.5) is 0 Å². The smallest absolute Gasteiger partial charge is 0.145 e. The summed E-state index contributed by atoms with van der Waals surface area (Å²) in [6.45, 7) is 0. The number of methoxy groups -OCH3 is 2. The molecule has 0 radical (unpaired) electrons. The molecular formula is C24H22N8O2. The first-order valence-electron chi connectivity index (χ1n) is 10.6. The third-order valence-electron chi connectivity index (χ3n) is 5.96. The Morgan fingerprint density at radius 2 is 1.00 bits per heavy atom. The predicted molar refractivity (Wildman–Crippen MR) is 127 cm³/mol. The van der Waals surface area contributed by atoms with E-state index < -0.39 is 0 Å². The van der Waals surface area contributed by atoms with Gasteiger partial charge in [0.15, 0.2) is 0 Å². The maximum absolute atomic E-state index is 5.79. The molecular weight excluding hydrogens is 432 g/mol. The van der Waals surface area contributed by atoms with Crippen molar-refractivity contribution in [3.05, 3.63) is 61.7 Å². The molecule has 6 rings (SSSR count). The number of hydrogen-bond donors (Lipinski definition) is 0. The molecule has 34 heavy (non-hydrogen) atoms. The molecule has 0 fully saturated rings. The van der Waals surface area contributed by atoms with Gasteiger partial charge in [-0.05, 0) is 12.1 Å². The molecule has 0 aliphatic rings. The van der Waals surface area contributed by atoms with Gasteiger partial charge in [0.05, 0.1) is 39.0 Å². The molecule has 0 saturated carbocycles. The van der Waals surface area contributed by atoms with E-state index in [4.69, 9.17) is 9.47 Å². The normalized spacial score (nSPS) is 11.5. The Balaban J connectivity index is 1.54. The van der Waals surface area contributed by atoms with Crippen LogP contribution in [-0.4, -0.2) is 53.0 Å². The lowest BCUT2D eigenvalue weighted by molar-refractivity contribution is 0.417. The fourth-order valence-corrected chi connectivity index (χ4v) is 4.33. The van der Waals surface area contributed by atoms with Crippen molar-refractivity contribution in [1.82, 2.24) is 38.8 Å². The highest BCUT2D eigenvalue weighted by Gasteiger charge is 2.20. The van der Waals surface area contributed by atoms with Crippen molar-refractivity contribution >= 4 is 11.0 Å². The SMILES string of the molecule is COc1cc(-c2cnn(C)c2)cn2ncc(-c3cnn4cc(-c5cnn(C)c5)cc(OC)c34)c12. The van der Waals surface area contributed by atoms with Crippen molar-refractivity contribution < 1.29 is 9.47 Å². The van der Waals surface area contributed by atoms with Crippen LogP contribution in [0.1, 0.15) is 0 Å². The maximum Gasteiger partial charge on any atom is 0.145 e. The van der Waals surface area contributed by atoms with Crippen molar-refractivity contribution in [3.63, 3.8) is 0 Å². The minimum Gasteiger partial charge on any atom is -0.494 e. The average Bonchev–Trinajstić information content (AvgIpc) is 3.63. The standard InChI is InChI=1S/C24H22N8O2/c1-29-11-17(7-25-29)15-5-21(33-3)23-19(9-27-31(23)13-15)20-10-28-32-14-16(6-22(34-4)24(20)32)18-8-26-30(2)12-18/h5-14H,1-4H3. The summed E-state index contributed by atoms with van der Waals surface area (Å²) in [5.41, 5.74) is 7.40. The van der Waals surface area contributed by atoms with Crippen LogP contribution in [0.3, 0.4) is 0 Å². The molecule has 6 aromatic rings. The van der Waals surface area contributed by atoms with Gasteiger partial charge in [-0.25, -0.2) is 9.03 Å². The first-order chi connectivity index (χ1) is 16.6. The summed E-state index contributed by atoms with van der Waals surface area (Å²) in [7, 11) is 7.11. The second-order valence-electron chi connectivity index (χ2n) is 8.10. The van der Waals surface area contributed by atoms with E-state index in [-0.39, 0.29) is 0 Å². The Bertz CT molecular complexity index is 1550. The molecule has 0 N–H and O–H groups in total. The summed E-state index contributed by atoms with van der Waals surface area (Å²) in [6.07, 6.45) is 15.2. The number of ether oxygens (including phenoxy) is 2. The van der Waals surface area contributed by atoms with Gasteiger partial charge < -0.3 is 9.47 Å². The maximum atomic E-state index is 5.79. The van der Waals surface area contributed by atoms with Crippen molar-refractivity contribution in [3.8, 4) is 44.9 Å². The monoisotopic (exact) mass is 454 g/mol. The topological polar surface area (TPSA) is 88.7 Å². The molecule has 0 saturated heterocycles. The molecule has 10 heteroatoms. The minimum absolute atomic E-state index is 0.708. The van der Waals surface area contributed by atoms with Gasteiger partial charge in [0.2, 0.25) is 0 Å². The summed E-state index contributed by atoms with van der Waals surface area (Å²) >= 11 is 0. The first-order valence-corrected chi connectivity index (χ1v) is 10.6. The molecule has 0 spiro atoms. The molecule has 0 aliphatic heterocycles. The van der Waals surface area contributed by atoms with Crippen molar-refractivity contribution in [2.45, 2.75) is 0 Å². The Morgan fingerprint density at radius 3 is 1.35 bits per heavy atom. The third kappa shape index (κ3) is 3.03. The lowest BCUT2D eigenvalue weighted by Gasteiger charge is -2.10. The van der Waals surface area contributed by atoms with Crippen LogP contribution in [0.25, 0.3) is 44.4 Å². The number of hydrogen-bond acceptors (Lipinski definition) is 6. The number of pyridine rings is 2. The number of aryl methyl sites for hydroxylation is 2.